The molecule has 0 aromatic heterocycles. The lowest BCUT2D eigenvalue weighted by Crippen LogP contribution is -2.48. The van der Waals surface area contributed by atoms with Crippen LogP contribution in [0.4, 0.5) is 0 Å². The first-order chi connectivity index (χ1) is 7.25. The number of carbonyl (C=O) groups is 2. The van der Waals surface area contributed by atoms with Gasteiger partial charge in [0, 0.05) is 6.42 Å². The molecular weight excluding hydrogens is 190 g/mol. The molecule has 3 heteroatoms. The summed E-state index contributed by atoms with van der Waals surface area (Å²) in [5.41, 5.74) is -0.504. The lowest BCUT2D eigenvalue weighted by molar-refractivity contribution is -0.126. The number of hydrogen-bond donors (Lipinski definition) is 1. The zero-order valence-electron chi connectivity index (χ0n) is 9.55. The highest BCUT2D eigenvalue weighted by molar-refractivity contribution is 5.92. The van der Waals surface area contributed by atoms with Crippen LogP contribution in [0, 0.1) is 0 Å². The fourth-order valence-electron chi connectivity index (χ4n) is 2.39. The zero-order valence-corrected chi connectivity index (χ0v) is 9.55. The van der Waals surface area contributed by atoms with Crippen molar-refractivity contribution in [1.82, 2.24) is 5.32 Å². The average Bonchev–Trinajstić information content (AvgIpc) is 2.57. The first kappa shape index (κ1) is 12.2. The summed E-state index contributed by atoms with van der Waals surface area (Å²) in [6.45, 7) is 2.17. The van der Waals surface area contributed by atoms with E-state index in [0.29, 0.717) is 12.8 Å². The van der Waals surface area contributed by atoms with Gasteiger partial charge in [0.25, 0.3) is 0 Å². The van der Waals surface area contributed by atoms with Crippen molar-refractivity contribution in [3.05, 3.63) is 0 Å². The monoisotopic (exact) mass is 211 g/mol. The summed E-state index contributed by atoms with van der Waals surface area (Å²) in [5, 5.41) is 2.75. The molecule has 0 aliphatic heterocycles. The summed E-state index contributed by atoms with van der Waals surface area (Å²) in [4.78, 5) is 22.3. The number of hydrogen-bond acceptors (Lipinski definition) is 2. The van der Waals surface area contributed by atoms with Crippen molar-refractivity contribution >= 4 is 12.2 Å². The van der Waals surface area contributed by atoms with Gasteiger partial charge in [-0.3, -0.25) is 9.59 Å². The van der Waals surface area contributed by atoms with Gasteiger partial charge in [-0.05, 0) is 19.3 Å². The molecular formula is C12H21NO2. The Labute approximate surface area is 91.6 Å². The average molecular weight is 211 g/mol. The van der Waals surface area contributed by atoms with E-state index in [-0.39, 0.29) is 5.78 Å². The van der Waals surface area contributed by atoms with Crippen molar-refractivity contribution in [2.24, 2.45) is 0 Å². The molecule has 1 N–H and O–H groups in total. The van der Waals surface area contributed by atoms with Gasteiger partial charge in [0.1, 0.15) is 0 Å². The Morgan fingerprint density at radius 3 is 2.73 bits per heavy atom. The minimum atomic E-state index is -0.504. The molecule has 1 atom stereocenters. The highest BCUT2D eigenvalue weighted by Crippen LogP contribution is 2.30. The lowest BCUT2D eigenvalue weighted by Gasteiger charge is -2.26. The van der Waals surface area contributed by atoms with Crippen LogP contribution in [0.3, 0.4) is 0 Å². The second-order valence-corrected chi connectivity index (χ2v) is 4.43. The SMILES string of the molecule is CCCCCCC1(NC=O)CCCC1=O. The summed E-state index contributed by atoms with van der Waals surface area (Å²) in [6.07, 6.45) is 8.51. The Bertz CT molecular complexity index is 228. The highest BCUT2D eigenvalue weighted by Gasteiger charge is 2.40. The Morgan fingerprint density at radius 1 is 1.40 bits per heavy atom. The first-order valence-electron chi connectivity index (χ1n) is 6.00. The molecule has 1 rings (SSSR count). The van der Waals surface area contributed by atoms with E-state index in [9.17, 15) is 9.59 Å². The molecule has 1 fully saturated rings. The molecule has 0 spiro atoms. The van der Waals surface area contributed by atoms with Crippen molar-refractivity contribution in [1.29, 1.82) is 0 Å². The van der Waals surface area contributed by atoms with E-state index in [1.165, 1.54) is 12.8 Å². The van der Waals surface area contributed by atoms with Gasteiger partial charge < -0.3 is 5.32 Å². The van der Waals surface area contributed by atoms with Crippen LogP contribution in [0.15, 0.2) is 0 Å². The number of nitrogens with one attached hydrogen (secondary N) is 1. The van der Waals surface area contributed by atoms with E-state index < -0.39 is 5.54 Å². The van der Waals surface area contributed by atoms with Crippen LogP contribution in [0.5, 0.6) is 0 Å². The maximum atomic E-state index is 11.7. The van der Waals surface area contributed by atoms with Crippen molar-refractivity contribution in [2.75, 3.05) is 0 Å². The van der Waals surface area contributed by atoms with Gasteiger partial charge in [-0.25, -0.2) is 0 Å². The third-order valence-electron chi connectivity index (χ3n) is 3.33. The molecule has 1 aliphatic carbocycles. The van der Waals surface area contributed by atoms with Gasteiger partial charge in [0.05, 0.1) is 5.54 Å². The summed E-state index contributed by atoms with van der Waals surface area (Å²) in [7, 11) is 0. The van der Waals surface area contributed by atoms with E-state index in [4.69, 9.17) is 0 Å². The van der Waals surface area contributed by atoms with Crippen molar-refractivity contribution in [3.8, 4) is 0 Å². The normalized spacial score (nSPS) is 25.5. The molecule has 1 saturated carbocycles. The van der Waals surface area contributed by atoms with Crippen LogP contribution in [0.25, 0.3) is 0 Å². The van der Waals surface area contributed by atoms with Gasteiger partial charge in [-0.15, -0.1) is 0 Å². The maximum Gasteiger partial charge on any atom is 0.207 e. The van der Waals surface area contributed by atoms with Crippen LogP contribution < -0.4 is 5.32 Å². The molecule has 86 valence electrons. The molecule has 1 amide bonds. The van der Waals surface area contributed by atoms with E-state index in [0.717, 1.165) is 32.1 Å². The molecule has 0 radical (unpaired) electrons. The number of Topliss-reactive ketones (excluding diaryl/α,β-unsaturated/α-hetero) is 1. The number of amides is 1. The second kappa shape index (κ2) is 5.89. The molecule has 0 heterocycles. The Kier molecular flexibility index (Phi) is 4.79. The molecule has 0 bridgehead atoms. The van der Waals surface area contributed by atoms with E-state index in [2.05, 4.69) is 12.2 Å². The fourth-order valence-corrected chi connectivity index (χ4v) is 2.39. The summed E-state index contributed by atoms with van der Waals surface area (Å²) < 4.78 is 0. The highest BCUT2D eigenvalue weighted by atomic mass is 16.1. The summed E-state index contributed by atoms with van der Waals surface area (Å²) in [6, 6.07) is 0. The first-order valence-corrected chi connectivity index (χ1v) is 6.00. The predicted molar refractivity (Wildman–Crippen MR) is 59.5 cm³/mol. The third kappa shape index (κ3) is 3.05. The van der Waals surface area contributed by atoms with Crippen molar-refractivity contribution in [2.45, 2.75) is 63.8 Å². The molecule has 3 nitrogen and oxygen atoms in total. The van der Waals surface area contributed by atoms with E-state index in [1.807, 2.05) is 0 Å². The smallest absolute Gasteiger partial charge is 0.207 e. The van der Waals surface area contributed by atoms with Gasteiger partial charge in [-0.2, -0.15) is 0 Å². The topological polar surface area (TPSA) is 46.2 Å². The molecule has 0 aromatic rings. The summed E-state index contributed by atoms with van der Waals surface area (Å²) in [5.74, 6) is 0.228. The van der Waals surface area contributed by atoms with E-state index >= 15 is 0 Å². The van der Waals surface area contributed by atoms with Gasteiger partial charge in [-0.1, -0.05) is 32.6 Å². The van der Waals surface area contributed by atoms with Crippen LogP contribution >= 0.6 is 0 Å². The standard InChI is InChI=1S/C12H21NO2/c1-2-3-4-5-8-12(13-10-14)9-6-7-11(12)15/h10H,2-9H2,1H3,(H,13,14). The maximum absolute atomic E-state index is 11.7. The number of unbranched alkanes of at least 4 members (excludes halogenated alkanes) is 3. The third-order valence-corrected chi connectivity index (χ3v) is 3.33. The lowest BCUT2D eigenvalue weighted by atomic mass is 9.89. The number of ketones is 1. The van der Waals surface area contributed by atoms with Crippen LogP contribution in [-0.4, -0.2) is 17.7 Å². The Balaban J connectivity index is 2.43. The number of rotatable bonds is 7. The minimum absolute atomic E-state index is 0.228. The molecule has 1 aliphatic rings. The molecule has 1 unspecified atom stereocenters. The largest absolute Gasteiger partial charge is 0.346 e. The van der Waals surface area contributed by atoms with Crippen LogP contribution in [0.2, 0.25) is 0 Å². The van der Waals surface area contributed by atoms with Crippen molar-refractivity contribution in [3.63, 3.8) is 0 Å². The Morgan fingerprint density at radius 2 is 2.20 bits per heavy atom. The molecule has 0 saturated heterocycles. The summed E-state index contributed by atoms with van der Waals surface area (Å²) >= 11 is 0. The van der Waals surface area contributed by atoms with Gasteiger partial charge in [0.2, 0.25) is 6.41 Å². The molecule has 15 heavy (non-hydrogen) atoms. The zero-order chi connectivity index (χ0) is 11.1. The number of carbonyl (C=O) groups excluding carboxylic acids is 2. The van der Waals surface area contributed by atoms with Crippen LogP contribution in [0.1, 0.15) is 58.3 Å². The Hall–Kier alpha value is -0.860. The fraction of sp³-hybridized carbons (Fsp3) is 0.833. The minimum Gasteiger partial charge on any atom is -0.346 e. The van der Waals surface area contributed by atoms with Crippen LogP contribution in [-0.2, 0) is 9.59 Å². The van der Waals surface area contributed by atoms with Crippen molar-refractivity contribution < 1.29 is 9.59 Å². The quantitative estimate of drug-likeness (QED) is 0.518. The van der Waals surface area contributed by atoms with Gasteiger partial charge >= 0.3 is 0 Å². The van der Waals surface area contributed by atoms with Gasteiger partial charge in [0.15, 0.2) is 5.78 Å². The molecule has 0 aromatic carbocycles. The van der Waals surface area contributed by atoms with E-state index in [1.54, 1.807) is 0 Å². The second-order valence-electron chi connectivity index (χ2n) is 4.43. The predicted octanol–water partition coefficient (Wildman–Crippen LogP) is 2.19.